The summed E-state index contributed by atoms with van der Waals surface area (Å²) in [6.45, 7) is 3.15. The number of rotatable bonds is 9. The third-order valence-corrected chi connectivity index (χ3v) is 6.99. The number of likely N-dealkylation sites (tertiary alicyclic amines) is 1. The van der Waals surface area contributed by atoms with Crippen LogP contribution in [0.15, 0.2) is 18.2 Å². The third-order valence-electron chi connectivity index (χ3n) is 6.70. The van der Waals surface area contributed by atoms with Crippen LogP contribution in [-0.2, 0) is 9.53 Å². The first-order chi connectivity index (χ1) is 14.4. The first-order valence-electron chi connectivity index (χ1n) is 11.1. The molecule has 2 N–H and O–H groups in total. The van der Waals surface area contributed by atoms with E-state index in [-0.39, 0.29) is 23.9 Å². The van der Waals surface area contributed by atoms with Gasteiger partial charge in [0.25, 0.3) is 0 Å². The molecule has 168 valence electrons. The highest BCUT2D eigenvalue weighted by molar-refractivity contribution is 6.32. The Labute approximate surface area is 184 Å². The Hall–Kier alpha value is -1.37. The van der Waals surface area contributed by atoms with Crippen LogP contribution in [-0.4, -0.2) is 49.8 Å². The summed E-state index contributed by atoms with van der Waals surface area (Å²) in [5.74, 6) is 1.14. The molecule has 2 aliphatic rings. The zero-order valence-electron chi connectivity index (χ0n) is 17.8. The first-order valence-corrected chi connectivity index (χ1v) is 11.5. The molecule has 1 unspecified atom stereocenters. The van der Waals surface area contributed by atoms with E-state index in [2.05, 4.69) is 4.90 Å². The fourth-order valence-corrected chi connectivity index (χ4v) is 5.07. The number of carbonyl (C=O) groups is 1. The van der Waals surface area contributed by atoms with Crippen molar-refractivity contribution in [3.63, 3.8) is 0 Å². The van der Waals surface area contributed by atoms with E-state index in [9.17, 15) is 9.18 Å². The van der Waals surface area contributed by atoms with Crippen LogP contribution in [0, 0.1) is 17.7 Å². The third kappa shape index (κ3) is 6.82. The van der Waals surface area contributed by atoms with Crippen molar-refractivity contribution in [2.75, 3.05) is 26.7 Å². The largest absolute Gasteiger partial charge is 0.489 e. The Balaban J connectivity index is 1.34. The zero-order valence-corrected chi connectivity index (χ0v) is 18.6. The monoisotopic (exact) mass is 440 g/mol. The highest BCUT2D eigenvalue weighted by atomic mass is 35.5. The Morgan fingerprint density at radius 3 is 2.53 bits per heavy atom. The highest BCUT2D eigenvalue weighted by Gasteiger charge is 2.29. The summed E-state index contributed by atoms with van der Waals surface area (Å²) in [7, 11) is 1.68. The lowest BCUT2D eigenvalue weighted by Crippen LogP contribution is -2.39. The van der Waals surface area contributed by atoms with E-state index in [1.54, 1.807) is 13.2 Å². The number of nitrogens with zero attached hydrogens (tertiary/aromatic N) is 1. The molecule has 3 rings (SSSR count). The van der Waals surface area contributed by atoms with Gasteiger partial charge in [-0.3, -0.25) is 4.79 Å². The van der Waals surface area contributed by atoms with Gasteiger partial charge in [0.05, 0.1) is 17.5 Å². The van der Waals surface area contributed by atoms with Gasteiger partial charge in [-0.1, -0.05) is 24.4 Å². The van der Waals surface area contributed by atoms with Crippen LogP contribution in [0.4, 0.5) is 4.39 Å². The standard InChI is InChI=1S/C23H34ClFN2O3/c1-29-22(15-23(26)28)17-4-2-16(3-5-17)8-11-27-12-9-19(10-13-27)30-21-7-6-18(25)14-20(21)24/h6-7,14,16-17,19,22H,2-5,8-13,15H2,1H3,(H2,26,28). The Morgan fingerprint density at radius 1 is 1.23 bits per heavy atom. The second kappa shape index (κ2) is 11.3. The molecule has 1 saturated carbocycles. The average molecular weight is 441 g/mol. The number of halogens is 2. The lowest BCUT2D eigenvalue weighted by atomic mass is 9.77. The first kappa shape index (κ1) is 23.3. The predicted molar refractivity (Wildman–Crippen MR) is 116 cm³/mol. The minimum Gasteiger partial charge on any atom is -0.489 e. The molecule has 1 aromatic carbocycles. The van der Waals surface area contributed by atoms with Gasteiger partial charge in [0.2, 0.25) is 5.91 Å². The minimum absolute atomic E-state index is 0.0305. The fourth-order valence-electron chi connectivity index (χ4n) is 4.86. The summed E-state index contributed by atoms with van der Waals surface area (Å²) < 4.78 is 24.7. The van der Waals surface area contributed by atoms with Crippen molar-refractivity contribution in [2.24, 2.45) is 17.6 Å². The van der Waals surface area contributed by atoms with Crippen molar-refractivity contribution in [3.05, 3.63) is 29.0 Å². The SMILES string of the molecule is COC(CC(N)=O)C1CCC(CCN2CCC(Oc3ccc(F)cc3Cl)CC2)CC1. The molecule has 1 amide bonds. The Bertz CT molecular complexity index is 689. The molecule has 5 nitrogen and oxygen atoms in total. The van der Waals surface area contributed by atoms with Crippen LogP contribution < -0.4 is 10.5 Å². The number of ether oxygens (including phenoxy) is 2. The number of nitrogens with two attached hydrogens (primary N) is 1. The Morgan fingerprint density at radius 2 is 1.93 bits per heavy atom. The van der Waals surface area contributed by atoms with Gasteiger partial charge in [-0.25, -0.2) is 4.39 Å². The number of benzene rings is 1. The van der Waals surface area contributed by atoms with Crippen LogP contribution in [0.1, 0.15) is 51.4 Å². The molecular weight excluding hydrogens is 407 g/mol. The number of piperidine rings is 1. The van der Waals surface area contributed by atoms with Gasteiger partial charge in [-0.15, -0.1) is 0 Å². The highest BCUT2D eigenvalue weighted by Crippen LogP contribution is 2.35. The molecule has 7 heteroatoms. The van der Waals surface area contributed by atoms with Crippen LogP contribution >= 0.6 is 11.6 Å². The smallest absolute Gasteiger partial charge is 0.220 e. The van der Waals surface area contributed by atoms with E-state index < -0.39 is 0 Å². The van der Waals surface area contributed by atoms with Crippen LogP contribution in [0.25, 0.3) is 0 Å². The molecule has 1 heterocycles. The topological polar surface area (TPSA) is 64.8 Å². The van der Waals surface area contributed by atoms with E-state index >= 15 is 0 Å². The second-order valence-corrected chi connectivity index (χ2v) is 9.15. The van der Waals surface area contributed by atoms with Crippen LogP contribution in [0.5, 0.6) is 5.75 Å². The molecule has 30 heavy (non-hydrogen) atoms. The molecule has 0 aromatic heterocycles. The average Bonchev–Trinajstić information content (AvgIpc) is 2.74. The van der Waals surface area contributed by atoms with Crippen molar-refractivity contribution in [3.8, 4) is 5.75 Å². The van der Waals surface area contributed by atoms with Crippen molar-refractivity contribution in [2.45, 2.75) is 63.6 Å². The molecule has 0 radical (unpaired) electrons. The quantitative estimate of drug-likeness (QED) is 0.617. The molecular formula is C23H34ClFN2O3. The molecule has 1 saturated heterocycles. The minimum atomic E-state index is -0.346. The van der Waals surface area contributed by atoms with Gasteiger partial charge in [0, 0.05) is 20.2 Å². The molecule has 1 aliphatic carbocycles. The van der Waals surface area contributed by atoms with E-state index in [4.69, 9.17) is 26.8 Å². The van der Waals surface area contributed by atoms with E-state index in [1.807, 2.05) is 0 Å². The number of primary amides is 1. The van der Waals surface area contributed by atoms with Crippen molar-refractivity contribution < 1.29 is 18.7 Å². The Kier molecular flexibility index (Phi) is 8.78. The number of hydrogen-bond acceptors (Lipinski definition) is 4. The van der Waals surface area contributed by atoms with E-state index in [1.165, 1.54) is 31.4 Å². The summed E-state index contributed by atoms with van der Waals surface area (Å²) in [6.07, 6.45) is 8.20. The van der Waals surface area contributed by atoms with Gasteiger partial charge >= 0.3 is 0 Å². The molecule has 1 atom stereocenters. The lowest BCUT2D eigenvalue weighted by molar-refractivity contribution is -0.121. The van der Waals surface area contributed by atoms with Gasteiger partial charge in [-0.2, -0.15) is 0 Å². The molecule has 1 aromatic rings. The summed E-state index contributed by atoms with van der Waals surface area (Å²) in [5, 5.41) is 0.333. The van der Waals surface area contributed by atoms with Crippen molar-refractivity contribution >= 4 is 17.5 Å². The maximum absolute atomic E-state index is 13.2. The maximum atomic E-state index is 13.2. The van der Waals surface area contributed by atoms with Crippen molar-refractivity contribution in [1.29, 1.82) is 0 Å². The lowest BCUT2D eigenvalue weighted by Gasteiger charge is -2.35. The second-order valence-electron chi connectivity index (χ2n) is 8.75. The molecule has 1 aliphatic heterocycles. The zero-order chi connectivity index (χ0) is 21.5. The summed E-state index contributed by atoms with van der Waals surface area (Å²) >= 11 is 6.07. The van der Waals surface area contributed by atoms with E-state index in [0.717, 1.165) is 51.2 Å². The molecule has 0 bridgehead atoms. The van der Waals surface area contributed by atoms with Gasteiger partial charge in [0.1, 0.15) is 17.7 Å². The summed E-state index contributed by atoms with van der Waals surface area (Å²) in [5.41, 5.74) is 5.34. The fraction of sp³-hybridized carbons (Fsp3) is 0.696. The number of methoxy groups -OCH3 is 1. The number of carbonyl (C=O) groups excluding carboxylic acids is 1. The van der Waals surface area contributed by atoms with Gasteiger partial charge < -0.3 is 20.1 Å². The maximum Gasteiger partial charge on any atom is 0.220 e. The molecule has 0 spiro atoms. The van der Waals surface area contributed by atoms with E-state index in [0.29, 0.717) is 23.1 Å². The number of hydrogen-bond donors (Lipinski definition) is 1. The summed E-state index contributed by atoms with van der Waals surface area (Å²) in [4.78, 5) is 13.7. The predicted octanol–water partition coefficient (Wildman–Crippen LogP) is 4.41. The summed E-state index contributed by atoms with van der Waals surface area (Å²) in [6, 6.07) is 4.29. The van der Waals surface area contributed by atoms with Gasteiger partial charge in [0.15, 0.2) is 0 Å². The number of amides is 1. The van der Waals surface area contributed by atoms with Crippen LogP contribution in [0.3, 0.4) is 0 Å². The molecule has 2 fully saturated rings. The van der Waals surface area contributed by atoms with Crippen LogP contribution in [0.2, 0.25) is 5.02 Å². The van der Waals surface area contributed by atoms with Gasteiger partial charge in [-0.05, 0) is 68.7 Å². The normalized spacial score (nSPS) is 24.5. The van der Waals surface area contributed by atoms with Crippen molar-refractivity contribution in [1.82, 2.24) is 4.90 Å².